The molecular weight excluding hydrogens is 917 g/mol. The molecule has 16 rings (SSSR count). The van der Waals surface area contributed by atoms with Crippen LogP contribution in [0.25, 0.3) is 72.0 Å². The van der Waals surface area contributed by atoms with E-state index in [4.69, 9.17) is 0 Å². The maximum absolute atomic E-state index is 2.52. The number of hydrogen-bond acceptors (Lipinski definition) is 1. The predicted molar refractivity (Wildman–Crippen MR) is 315 cm³/mol. The van der Waals surface area contributed by atoms with Crippen LogP contribution in [0.3, 0.4) is 0 Å². The minimum Gasteiger partial charge on any atom is -0.310 e. The molecule has 0 N–H and O–H groups in total. The molecule has 1 atom stereocenters. The minimum atomic E-state index is -0.530. The topological polar surface area (TPSA) is 8.17 Å². The summed E-state index contributed by atoms with van der Waals surface area (Å²) in [7, 11) is 0. The smallest absolute Gasteiger partial charge is 0.0754 e. The number of nitrogens with zero attached hydrogens (tertiary/aromatic N) is 2. The molecule has 0 amide bonds. The lowest BCUT2D eigenvalue weighted by Crippen LogP contribution is -2.33. The van der Waals surface area contributed by atoms with Gasteiger partial charge in [0.2, 0.25) is 0 Å². The van der Waals surface area contributed by atoms with Gasteiger partial charge in [0.25, 0.3) is 0 Å². The van der Waals surface area contributed by atoms with Gasteiger partial charge in [-0.1, -0.05) is 243 Å². The van der Waals surface area contributed by atoms with Crippen molar-refractivity contribution in [1.29, 1.82) is 0 Å². The van der Waals surface area contributed by atoms with Gasteiger partial charge in [0.15, 0.2) is 0 Å². The Morgan fingerprint density at radius 2 is 0.816 bits per heavy atom. The summed E-state index contributed by atoms with van der Waals surface area (Å²) >= 11 is 0. The first-order valence-electron chi connectivity index (χ1n) is 26.5. The standard InChI is InChI=1S/C74H48N2/c1-4-21-49(22-5-1)51-23-18-28-56(47-51)75(70-40-20-36-65-71(70)61-31-11-14-34-63(61)73(65,53-24-6-2-7-25-53)54-26-8-3-9-27-54)55-44-41-50(42-45-55)52-43-46-58-57-29-10-13-33-62(57)74(67(58)48-52)64-35-15-17-39-69(64)76-68-38-16-12-30-59(68)60-32-19-37-66(74)72(60)76/h1-48H. The monoisotopic (exact) mass is 964 g/mol. The van der Waals surface area contributed by atoms with E-state index >= 15 is 0 Å². The summed E-state index contributed by atoms with van der Waals surface area (Å²) in [6, 6.07) is 109. The number of hydrogen-bond donors (Lipinski definition) is 0. The molecule has 12 aromatic carbocycles. The number of fused-ring (bicyclic) bond motifs is 15. The van der Waals surface area contributed by atoms with Gasteiger partial charge in [-0.15, -0.1) is 0 Å². The molecular formula is C74H48N2. The van der Waals surface area contributed by atoms with Crippen LogP contribution in [0.1, 0.15) is 44.5 Å². The molecule has 0 saturated heterocycles. The highest BCUT2D eigenvalue weighted by atomic mass is 15.1. The molecule has 2 heterocycles. The van der Waals surface area contributed by atoms with E-state index in [0.29, 0.717) is 0 Å². The molecule has 0 bridgehead atoms. The van der Waals surface area contributed by atoms with E-state index in [1.54, 1.807) is 0 Å². The molecule has 3 aliphatic rings. The molecule has 2 heteroatoms. The molecule has 0 radical (unpaired) electrons. The third kappa shape index (κ3) is 5.76. The van der Waals surface area contributed by atoms with Gasteiger partial charge in [0.1, 0.15) is 0 Å². The van der Waals surface area contributed by atoms with E-state index in [0.717, 1.165) is 17.1 Å². The molecule has 76 heavy (non-hydrogen) atoms. The molecule has 1 unspecified atom stereocenters. The van der Waals surface area contributed by atoms with Crippen molar-refractivity contribution >= 4 is 38.9 Å². The Bertz CT molecular complexity index is 4410. The van der Waals surface area contributed by atoms with E-state index in [2.05, 4.69) is 301 Å². The average molecular weight is 965 g/mol. The highest BCUT2D eigenvalue weighted by Gasteiger charge is 2.51. The van der Waals surface area contributed by atoms with Gasteiger partial charge in [-0.05, 0) is 132 Å². The summed E-state index contributed by atoms with van der Waals surface area (Å²) in [5, 5.41) is 2.57. The second-order valence-electron chi connectivity index (χ2n) is 20.7. The fraction of sp³-hybridized carbons (Fsp3) is 0.0270. The van der Waals surface area contributed by atoms with Crippen molar-refractivity contribution in [2.75, 3.05) is 4.90 Å². The van der Waals surface area contributed by atoms with Crippen molar-refractivity contribution in [3.63, 3.8) is 0 Å². The van der Waals surface area contributed by atoms with Crippen LogP contribution in [-0.4, -0.2) is 4.57 Å². The van der Waals surface area contributed by atoms with E-state index < -0.39 is 10.8 Å². The molecule has 0 saturated carbocycles. The van der Waals surface area contributed by atoms with E-state index in [1.807, 2.05) is 0 Å². The van der Waals surface area contributed by atoms with E-state index in [9.17, 15) is 0 Å². The van der Waals surface area contributed by atoms with Crippen LogP contribution in [0.5, 0.6) is 0 Å². The largest absolute Gasteiger partial charge is 0.310 e. The average Bonchev–Trinajstić information content (AvgIpc) is 4.32. The number of rotatable bonds is 7. The number of aromatic nitrogens is 1. The molecule has 13 aromatic rings. The van der Waals surface area contributed by atoms with Gasteiger partial charge in [0.05, 0.1) is 33.2 Å². The van der Waals surface area contributed by atoms with Gasteiger partial charge >= 0.3 is 0 Å². The maximum Gasteiger partial charge on any atom is 0.0754 e. The first kappa shape index (κ1) is 42.7. The molecule has 2 aliphatic carbocycles. The summed E-state index contributed by atoms with van der Waals surface area (Å²) in [4.78, 5) is 2.49. The Hall–Kier alpha value is -9.76. The molecule has 1 spiro atoms. The molecule has 1 aromatic heterocycles. The Kier molecular flexibility index (Phi) is 9.20. The third-order valence-corrected chi connectivity index (χ3v) is 17.1. The van der Waals surface area contributed by atoms with Crippen LogP contribution in [0, 0.1) is 0 Å². The second-order valence-corrected chi connectivity index (χ2v) is 20.7. The van der Waals surface area contributed by atoms with Gasteiger partial charge in [-0.2, -0.15) is 0 Å². The summed E-state index contributed by atoms with van der Waals surface area (Å²) < 4.78 is 2.52. The zero-order valence-corrected chi connectivity index (χ0v) is 41.6. The van der Waals surface area contributed by atoms with Crippen LogP contribution in [0.2, 0.25) is 0 Å². The molecule has 354 valence electrons. The highest BCUT2D eigenvalue weighted by Crippen LogP contribution is 2.63. The zero-order valence-electron chi connectivity index (χ0n) is 41.6. The Morgan fingerprint density at radius 1 is 0.289 bits per heavy atom. The summed E-state index contributed by atoms with van der Waals surface area (Å²) in [6.07, 6.45) is 0. The zero-order chi connectivity index (χ0) is 50.0. The molecule has 0 fully saturated rings. The first-order chi connectivity index (χ1) is 37.7. The van der Waals surface area contributed by atoms with Crippen LogP contribution in [-0.2, 0) is 10.8 Å². The second kappa shape index (κ2) is 16.4. The SMILES string of the molecule is c1ccc(-c2cccc(N(c3ccc(-c4ccc5c(c4)C4(c6ccccc6-5)c5ccccc5-n5c6ccccc6c6cccc4c65)cc3)c3cccc4c3-c3ccccc3C4(c3ccccc3)c3ccccc3)c2)cc1. The fourth-order valence-corrected chi connectivity index (χ4v) is 14.1. The van der Waals surface area contributed by atoms with Crippen molar-refractivity contribution in [2.45, 2.75) is 10.8 Å². The summed E-state index contributed by atoms with van der Waals surface area (Å²) in [5.41, 5.74) is 26.2. The maximum atomic E-state index is 2.52. The van der Waals surface area contributed by atoms with Crippen LogP contribution >= 0.6 is 0 Å². The van der Waals surface area contributed by atoms with Crippen LogP contribution in [0.15, 0.2) is 291 Å². The van der Waals surface area contributed by atoms with Crippen molar-refractivity contribution in [1.82, 2.24) is 4.57 Å². The highest BCUT2D eigenvalue weighted by molar-refractivity contribution is 6.13. The minimum absolute atomic E-state index is 0.526. The lowest BCUT2D eigenvalue weighted by molar-refractivity contribution is 0.749. The number of para-hydroxylation sites is 3. The number of benzene rings is 12. The van der Waals surface area contributed by atoms with Crippen molar-refractivity contribution in [3.8, 4) is 50.2 Å². The Morgan fingerprint density at radius 3 is 1.59 bits per heavy atom. The predicted octanol–water partition coefficient (Wildman–Crippen LogP) is 18.6. The van der Waals surface area contributed by atoms with E-state index in [1.165, 1.54) is 117 Å². The quantitative estimate of drug-likeness (QED) is 0.155. The molecule has 1 aliphatic heterocycles. The lowest BCUT2D eigenvalue weighted by Gasteiger charge is -2.39. The van der Waals surface area contributed by atoms with Crippen LogP contribution in [0.4, 0.5) is 17.1 Å². The van der Waals surface area contributed by atoms with Gasteiger partial charge in [-0.3, -0.25) is 0 Å². The van der Waals surface area contributed by atoms with E-state index in [-0.39, 0.29) is 0 Å². The van der Waals surface area contributed by atoms with Crippen molar-refractivity contribution in [3.05, 3.63) is 336 Å². The third-order valence-electron chi connectivity index (χ3n) is 17.1. The van der Waals surface area contributed by atoms with Gasteiger partial charge in [0, 0.05) is 27.7 Å². The normalized spacial score (nSPS) is 15.0. The van der Waals surface area contributed by atoms with Gasteiger partial charge < -0.3 is 9.47 Å². The Labute approximate surface area is 442 Å². The summed E-state index contributed by atoms with van der Waals surface area (Å²) in [5.74, 6) is 0. The lowest BCUT2D eigenvalue weighted by atomic mass is 9.65. The van der Waals surface area contributed by atoms with Crippen molar-refractivity contribution < 1.29 is 0 Å². The number of anilines is 3. The van der Waals surface area contributed by atoms with Crippen molar-refractivity contribution in [2.24, 2.45) is 0 Å². The first-order valence-corrected chi connectivity index (χ1v) is 26.5. The molecule has 2 nitrogen and oxygen atoms in total. The Balaban J connectivity index is 0.896. The van der Waals surface area contributed by atoms with Crippen LogP contribution < -0.4 is 4.90 Å². The van der Waals surface area contributed by atoms with Gasteiger partial charge in [-0.25, -0.2) is 0 Å². The fourth-order valence-electron chi connectivity index (χ4n) is 14.1. The summed E-state index contributed by atoms with van der Waals surface area (Å²) in [6.45, 7) is 0.